The molecule has 0 spiro atoms. The molecule has 0 bridgehead atoms. The Morgan fingerprint density at radius 1 is 1.36 bits per heavy atom. The van der Waals surface area contributed by atoms with Crippen molar-refractivity contribution in [1.82, 2.24) is 4.57 Å². The summed E-state index contributed by atoms with van der Waals surface area (Å²) in [5.74, 6) is -0.247. The first-order valence-electron chi connectivity index (χ1n) is 6.88. The van der Waals surface area contributed by atoms with Gasteiger partial charge < -0.3 is 14.4 Å². The summed E-state index contributed by atoms with van der Waals surface area (Å²) in [6.45, 7) is 9.71. The van der Waals surface area contributed by atoms with Crippen molar-refractivity contribution in [3.8, 4) is 5.75 Å². The Kier molecular flexibility index (Phi) is 4.51. The second-order valence-electron chi connectivity index (χ2n) is 5.04. The van der Waals surface area contributed by atoms with Gasteiger partial charge in [0, 0.05) is 18.5 Å². The first-order chi connectivity index (χ1) is 10.5. The topological polar surface area (TPSA) is 51.5 Å². The monoisotopic (exact) mass is 297 g/mol. The average molecular weight is 297 g/mol. The fraction of sp³-hybridized carbons (Fsp3) is 0.167. The number of aromatic carboxylic acids is 1. The molecule has 4 nitrogen and oxygen atoms in total. The minimum absolute atomic E-state index is 0.258. The second kappa shape index (κ2) is 6.35. The summed E-state index contributed by atoms with van der Waals surface area (Å²) in [4.78, 5) is 11.2. The zero-order valence-corrected chi connectivity index (χ0v) is 12.8. The van der Waals surface area contributed by atoms with Crippen molar-refractivity contribution in [3.63, 3.8) is 0 Å². The number of nitrogens with zero attached hydrogens (tertiary/aromatic N) is 1. The molecule has 22 heavy (non-hydrogen) atoms. The van der Waals surface area contributed by atoms with E-state index in [9.17, 15) is 9.90 Å². The molecule has 0 radical (unpaired) electrons. The van der Waals surface area contributed by atoms with Gasteiger partial charge in [0.15, 0.2) is 0 Å². The van der Waals surface area contributed by atoms with Crippen LogP contribution in [-0.2, 0) is 7.05 Å². The highest BCUT2D eigenvalue weighted by molar-refractivity contribution is 5.96. The lowest BCUT2D eigenvalue weighted by Crippen LogP contribution is -2.04. The van der Waals surface area contributed by atoms with Gasteiger partial charge in [-0.25, -0.2) is 4.79 Å². The van der Waals surface area contributed by atoms with E-state index in [-0.39, 0.29) is 5.69 Å². The fourth-order valence-corrected chi connectivity index (χ4v) is 2.36. The molecule has 0 amide bonds. The fourth-order valence-electron chi connectivity index (χ4n) is 2.36. The van der Waals surface area contributed by atoms with Gasteiger partial charge in [0.25, 0.3) is 0 Å². The van der Waals surface area contributed by atoms with Crippen molar-refractivity contribution in [3.05, 3.63) is 66.4 Å². The van der Waals surface area contributed by atoms with Gasteiger partial charge in [-0.1, -0.05) is 31.4 Å². The summed E-state index contributed by atoms with van der Waals surface area (Å²) in [6.07, 6.45) is 5.24. The molecule has 4 heteroatoms. The number of hydrogen-bond donors (Lipinski definition) is 1. The maximum absolute atomic E-state index is 11.2. The van der Waals surface area contributed by atoms with Gasteiger partial charge in [0.1, 0.15) is 18.1 Å². The SMILES string of the molecule is C=C/C=C(\C=C)COc1cc(C)c2cc(C(=O)O)n(C)c2c1. The van der Waals surface area contributed by atoms with E-state index < -0.39 is 5.97 Å². The number of aromatic nitrogens is 1. The van der Waals surface area contributed by atoms with Crippen molar-refractivity contribution >= 4 is 16.9 Å². The summed E-state index contributed by atoms with van der Waals surface area (Å²) in [5.41, 5.74) is 2.99. The van der Waals surface area contributed by atoms with Crippen LogP contribution in [0.3, 0.4) is 0 Å². The Morgan fingerprint density at radius 2 is 2.09 bits per heavy atom. The van der Waals surface area contributed by atoms with Crippen LogP contribution >= 0.6 is 0 Å². The lowest BCUT2D eigenvalue weighted by Gasteiger charge is -2.09. The molecule has 1 heterocycles. The van der Waals surface area contributed by atoms with E-state index in [1.165, 1.54) is 0 Å². The molecule has 114 valence electrons. The van der Waals surface area contributed by atoms with Gasteiger partial charge in [-0.15, -0.1) is 0 Å². The van der Waals surface area contributed by atoms with Crippen molar-refractivity contribution in [2.75, 3.05) is 6.61 Å². The van der Waals surface area contributed by atoms with Gasteiger partial charge in [-0.2, -0.15) is 0 Å². The highest BCUT2D eigenvalue weighted by Crippen LogP contribution is 2.28. The van der Waals surface area contributed by atoms with Crippen LogP contribution in [0.25, 0.3) is 10.9 Å². The summed E-state index contributed by atoms with van der Waals surface area (Å²) in [7, 11) is 1.74. The molecule has 0 saturated heterocycles. The molecule has 0 aliphatic rings. The van der Waals surface area contributed by atoms with Crippen molar-refractivity contribution in [2.45, 2.75) is 6.92 Å². The molecule has 0 unspecified atom stereocenters. The highest BCUT2D eigenvalue weighted by atomic mass is 16.5. The number of ether oxygens (including phenoxy) is 1. The molecule has 0 fully saturated rings. The van der Waals surface area contributed by atoms with E-state index in [4.69, 9.17) is 4.74 Å². The summed E-state index contributed by atoms with van der Waals surface area (Å²) in [5, 5.41) is 10.1. The van der Waals surface area contributed by atoms with Crippen LogP contribution in [0.5, 0.6) is 5.75 Å². The zero-order valence-electron chi connectivity index (χ0n) is 12.8. The Balaban J connectivity index is 2.39. The molecule has 1 aromatic heterocycles. The maximum Gasteiger partial charge on any atom is 0.352 e. The third kappa shape index (κ3) is 2.96. The molecule has 2 rings (SSSR count). The summed E-state index contributed by atoms with van der Waals surface area (Å²) < 4.78 is 7.44. The first-order valence-corrected chi connectivity index (χ1v) is 6.88. The van der Waals surface area contributed by atoms with Crippen LogP contribution < -0.4 is 4.74 Å². The van der Waals surface area contributed by atoms with Gasteiger partial charge >= 0.3 is 5.97 Å². The van der Waals surface area contributed by atoms with Gasteiger partial charge in [-0.05, 0) is 30.2 Å². The smallest absolute Gasteiger partial charge is 0.352 e. The lowest BCUT2D eigenvalue weighted by atomic mass is 10.1. The predicted molar refractivity (Wildman–Crippen MR) is 88.6 cm³/mol. The number of carbonyl (C=O) groups is 1. The third-order valence-corrected chi connectivity index (χ3v) is 3.56. The number of carboxylic acid groups (broad SMARTS) is 1. The second-order valence-corrected chi connectivity index (χ2v) is 5.04. The molecule has 1 N–H and O–H groups in total. The van der Waals surface area contributed by atoms with E-state index in [1.54, 1.807) is 29.8 Å². The Bertz CT molecular complexity index is 781. The molecular weight excluding hydrogens is 278 g/mol. The quantitative estimate of drug-likeness (QED) is 0.824. The van der Waals surface area contributed by atoms with Crippen LogP contribution in [0.4, 0.5) is 0 Å². The molecule has 0 saturated carbocycles. The lowest BCUT2D eigenvalue weighted by molar-refractivity contribution is 0.0687. The minimum Gasteiger partial charge on any atom is -0.489 e. The van der Waals surface area contributed by atoms with Crippen molar-refractivity contribution in [2.24, 2.45) is 7.05 Å². The summed E-state index contributed by atoms with van der Waals surface area (Å²) in [6, 6.07) is 5.44. The van der Waals surface area contributed by atoms with E-state index in [2.05, 4.69) is 13.2 Å². The van der Waals surface area contributed by atoms with Crippen LogP contribution in [-0.4, -0.2) is 22.2 Å². The molecule has 1 aromatic carbocycles. The molecule has 0 atom stereocenters. The number of aryl methyl sites for hydroxylation is 2. The van der Waals surface area contributed by atoms with Crippen LogP contribution in [0.15, 0.2) is 55.2 Å². The Morgan fingerprint density at radius 3 is 2.68 bits per heavy atom. The van der Waals surface area contributed by atoms with Crippen LogP contribution in [0.2, 0.25) is 0 Å². The van der Waals surface area contributed by atoms with Crippen LogP contribution in [0, 0.1) is 6.92 Å². The molecular formula is C18H19NO3. The van der Waals surface area contributed by atoms with Crippen molar-refractivity contribution < 1.29 is 14.6 Å². The average Bonchev–Trinajstić information content (AvgIpc) is 2.82. The number of carboxylic acids is 1. The third-order valence-electron chi connectivity index (χ3n) is 3.56. The Labute approximate surface area is 129 Å². The van der Waals surface area contributed by atoms with Gasteiger partial charge in [0.2, 0.25) is 0 Å². The largest absolute Gasteiger partial charge is 0.489 e. The zero-order chi connectivity index (χ0) is 16.3. The molecule has 0 aliphatic carbocycles. The molecule has 2 aromatic rings. The first kappa shape index (κ1) is 15.6. The normalized spacial score (nSPS) is 11.5. The number of benzene rings is 1. The highest BCUT2D eigenvalue weighted by Gasteiger charge is 2.14. The van der Waals surface area contributed by atoms with E-state index in [0.29, 0.717) is 12.4 Å². The van der Waals surface area contributed by atoms with Crippen LogP contribution in [0.1, 0.15) is 16.1 Å². The predicted octanol–water partition coefficient (Wildman–Crippen LogP) is 3.86. The van der Waals surface area contributed by atoms with E-state index in [0.717, 1.165) is 22.0 Å². The van der Waals surface area contributed by atoms with Gasteiger partial charge in [0.05, 0.1) is 5.52 Å². The van der Waals surface area contributed by atoms with Crippen molar-refractivity contribution in [1.29, 1.82) is 0 Å². The molecule has 0 aliphatic heterocycles. The standard InChI is InChI=1S/C18H19NO3/c1-5-7-13(6-2)11-22-14-8-12(3)15-10-17(18(20)21)19(4)16(15)9-14/h5-10H,1-2,11H2,3-4H3,(H,20,21)/b13-7+. The Hall–Kier alpha value is -2.75. The summed E-state index contributed by atoms with van der Waals surface area (Å²) >= 11 is 0. The number of hydrogen-bond acceptors (Lipinski definition) is 2. The number of fused-ring (bicyclic) bond motifs is 1. The number of rotatable bonds is 6. The maximum atomic E-state index is 11.2. The number of allylic oxidation sites excluding steroid dienone is 2. The minimum atomic E-state index is -0.941. The van der Waals surface area contributed by atoms with E-state index in [1.807, 2.05) is 25.1 Å². The van der Waals surface area contributed by atoms with E-state index >= 15 is 0 Å². The van der Waals surface area contributed by atoms with Gasteiger partial charge in [-0.3, -0.25) is 0 Å².